The molecule has 22 heavy (non-hydrogen) atoms. The molecule has 0 saturated carbocycles. The average molecular weight is 316 g/mol. The monoisotopic (exact) mass is 316 g/mol. The molecule has 0 atom stereocenters. The molecule has 0 spiro atoms. The summed E-state index contributed by atoms with van der Waals surface area (Å²) >= 11 is 1.63. The molecular formula is C16H16N2O3S. The van der Waals surface area contributed by atoms with E-state index in [0.29, 0.717) is 30.4 Å². The van der Waals surface area contributed by atoms with E-state index in [9.17, 15) is 4.79 Å². The molecular weight excluding hydrogens is 300 g/mol. The number of hydrogen-bond donors (Lipinski definition) is 2. The first-order valence-electron chi connectivity index (χ1n) is 6.86. The van der Waals surface area contributed by atoms with Crippen molar-refractivity contribution in [3.63, 3.8) is 0 Å². The van der Waals surface area contributed by atoms with E-state index in [1.807, 2.05) is 30.5 Å². The Hall–Kier alpha value is -2.34. The molecule has 2 aromatic rings. The Bertz CT molecular complexity index is 691. The minimum Gasteiger partial charge on any atom is -0.486 e. The van der Waals surface area contributed by atoms with Gasteiger partial charge in [0.2, 0.25) is 0 Å². The van der Waals surface area contributed by atoms with Crippen molar-refractivity contribution in [3.8, 4) is 11.5 Å². The number of fused-ring (bicyclic) bond motifs is 1. The second kappa shape index (κ2) is 6.62. The van der Waals surface area contributed by atoms with E-state index in [1.54, 1.807) is 30.0 Å². The number of amides is 2. The predicted octanol–water partition coefficient (Wildman–Crippen LogP) is 3.82. The number of rotatable bonds is 3. The van der Waals surface area contributed by atoms with Crippen molar-refractivity contribution in [2.24, 2.45) is 0 Å². The highest BCUT2D eigenvalue weighted by atomic mass is 32.2. The summed E-state index contributed by atoms with van der Waals surface area (Å²) in [6.45, 7) is 1.07. The molecule has 1 aliphatic rings. The van der Waals surface area contributed by atoms with E-state index in [1.165, 1.54) is 0 Å². The lowest BCUT2D eigenvalue weighted by atomic mass is 10.2. The molecule has 5 nitrogen and oxygen atoms in total. The molecule has 0 saturated heterocycles. The minimum atomic E-state index is -0.296. The highest BCUT2D eigenvalue weighted by Crippen LogP contribution is 2.32. The van der Waals surface area contributed by atoms with Gasteiger partial charge in [-0.05, 0) is 36.6 Å². The summed E-state index contributed by atoms with van der Waals surface area (Å²) in [4.78, 5) is 13.1. The molecule has 0 radical (unpaired) electrons. The third-order valence-corrected chi connectivity index (χ3v) is 3.85. The summed E-state index contributed by atoms with van der Waals surface area (Å²) in [5, 5.41) is 5.60. The summed E-state index contributed by atoms with van der Waals surface area (Å²) in [6, 6.07) is 12.7. The van der Waals surface area contributed by atoms with Crippen LogP contribution in [0.1, 0.15) is 0 Å². The van der Waals surface area contributed by atoms with Crippen molar-refractivity contribution in [3.05, 3.63) is 42.5 Å². The maximum atomic E-state index is 12.0. The van der Waals surface area contributed by atoms with Gasteiger partial charge in [0.25, 0.3) is 0 Å². The number of benzene rings is 2. The lowest BCUT2D eigenvalue weighted by molar-refractivity contribution is 0.171. The van der Waals surface area contributed by atoms with Gasteiger partial charge < -0.3 is 20.1 Å². The van der Waals surface area contributed by atoms with Crippen LogP contribution in [0.4, 0.5) is 16.2 Å². The first-order chi connectivity index (χ1) is 10.7. The van der Waals surface area contributed by atoms with Crippen LogP contribution in [-0.4, -0.2) is 25.5 Å². The molecule has 2 N–H and O–H groups in total. The fraction of sp³-hybridized carbons (Fsp3) is 0.188. The van der Waals surface area contributed by atoms with Crippen molar-refractivity contribution in [1.82, 2.24) is 0 Å². The second-order valence-electron chi connectivity index (χ2n) is 4.67. The van der Waals surface area contributed by atoms with Crippen molar-refractivity contribution >= 4 is 29.2 Å². The number of carbonyl (C=O) groups excluding carboxylic acids is 1. The van der Waals surface area contributed by atoms with Crippen LogP contribution in [-0.2, 0) is 0 Å². The Kier molecular flexibility index (Phi) is 4.39. The standard InChI is InChI=1S/C16H16N2O3S/c1-22-13-4-2-3-11(9-13)17-16(19)18-12-5-6-14-15(10-12)21-8-7-20-14/h2-6,9-10H,7-8H2,1H3,(H2,17,18,19). The van der Waals surface area contributed by atoms with Gasteiger partial charge in [0.05, 0.1) is 0 Å². The van der Waals surface area contributed by atoms with Crippen LogP contribution < -0.4 is 20.1 Å². The van der Waals surface area contributed by atoms with Gasteiger partial charge in [0.1, 0.15) is 13.2 Å². The normalized spacial score (nSPS) is 12.6. The molecule has 0 aliphatic carbocycles. The summed E-state index contributed by atoms with van der Waals surface area (Å²) in [7, 11) is 0. The third kappa shape index (κ3) is 3.46. The molecule has 0 bridgehead atoms. The summed E-state index contributed by atoms with van der Waals surface area (Å²) < 4.78 is 10.9. The van der Waals surface area contributed by atoms with Crippen molar-refractivity contribution in [1.29, 1.82) is 0 Å². The second-order valence-corrected chi connectivity index (χ2v) is 5.55. The fourth-order valence-corrected chi connectivity index (χ4v) is 2.57. The van der Waals surface area contributed by atoms with Crippen molar-refractivity contribution < 1.29 is 14.3 Å². The number of carbonyl (C=O) groups is 1. The Labute approximate surface area is 133 Å². The van der Waals surface area contributed by atoms with E-state index in [-0.39, 0.29) is 6.03 Å². The number of urea groups is 1. The van der Waals surface area contributed by atoms with Gasteiger partial charge in [-0.1, -0.05) is 6.07 Å². The molecule has 1 aliphatic heterocycles. The quantitative estimate of drug-likeness (QED) is 0.845. The van der Waals surface area contributed by atoms with Gasteiger partial charge in [0.15, 0.2) is 11.5 Å². The highest BCUT2D eigenvalue weighted by Gasteiger charge is 2.12. The van der Waals surface area contributed by atoms with Crippen LogP contribution in [0.25, 0.3) is 0 Å². The van der Waals surface area contributed by atoms with Gasteiger partial charge in [-0.25, -0.2) is 4.79 Å². The molecule has 3 rings (SSSR count). The fourth-order valence-electron chi connectivity index (χ4n) is 2.12. The molecule has 114 valence electrons. The number of anilines is 2. The Morgan fingerprint density at radius 3 is 2.50 bits per heavy atom. The topological polar surface area (TPSA) is 59.6 Å². The predicted molar refractivity (Wildman–Crippen MR) is 88.3 cm³/mol. The Morgan fingerprint density at radius 2 is 1.73 bits per heavy atom. The smallest absolute Gasteiger partial charge is 0.323 e. The summed E-state index contributed by atoms with van der Waals surface area (Å²) in [5.41, 5.74) is 1.41. The van der Waals surface area contributed by atoms with Gasteiger partial charge in [-0.15, -0.1) is 11.8 Å². The van der Waals surface area contributed by atoms with Gasteiger partial charge >= 0.3 is 6.03 Å². The largest absolute Gasteiger partial charge is 0.486 e. The van der Waals surface area contributed by atoms with Gasteiger partial charge in [0, 0.05) is 22.3 Å². The lowest BCUT2D eigenvalue weighted by Crippen LogP contribution is -2.20. The van der Waals surface area contributed by atoms with Crippen LogP contribution in [0.15, 0.2) is 47.4 Å². The van der Waals surface area contributed by atoms with E-state index in [4.69, 9.17) is 9.47 Å². The summed E-state index contributed by atoms with van der Waals surface area (Å²) in [6.07, 6.45) is 1.99. The van der Waals surface area contributed by atoms with Crippen molar-refractivity contribution in [2.45, 2.75) is 4.90 Å². The van der Waals surface area contributed by atoms with Crippen LogP contribution in [0.5, 0.6) is 11.5 Å². The van der Waals surface area contributed by atoms with E-state index in [2.05, 4.69) is 10.6 Å². The zero-order valence-corrected chi connectivity index (χ0v) is 12.9. The van der Waals surface area contributed by atoms with Crippen LogP contribution in [0.2, 0.25) is 0 Å². The van der Waals surface area contributed by atoms with E-state index < -0.39 is 0 Å². The molecule has 0 unspecified atom stereocenters. The molecule has 1 heterocycles. The maximum absolute atomic E-state index is 12.0. The molecule has 2 aromatic carbocycles. The average Bonchev–Trinajstić information content (AvgIpc) is 2.55. The van der Waals surface area contributed by atoms with E-state index >= 15 is 0 Å². The molecule has 0 fully saturated rings. The SMILES string of the molecule is CSc1cccc(NC(=O)Nc2ccc3c(c2)OCCO3)c1. The number of thioether (sulfide) groups is 1. The first kappa shape index (κ1) is 14.6. The molecule has 6 heteroatoms. The van der Waals surface area contributed by atoms with Gasteiger partial charge in [-0.2, -0.15) is 0 Å². The van der Waals surface area contributed by atoms with Crippen LogP contribution in [0.3, 0.4) is 0 Å². The molecule has 0 aromatic heterocycles. The van der Waals surface area contributed by atoms with E-state index in [0.717, 1.165) is 10.6 Å². The Balaban J connectivity index is 1.66. The maximum Gasteiger partial charge on any atom is 0.323 e. The number of hydrogen-bond acceptors (Lipinski definition) is 4. The van der Waals surface area contributed by atoms with Crippen LogP contribution in [0, 0.1) is 0 Å². The van der Waals surface area contributed by atoms with Gasteiger partial charge in [-0.3, -0.25) is 0 Å². The lowest BCUT2D eigenvalue weighted by Gasteiger charge is -2.19. The Morgan fingerprint density at radius 1 is 1.00 bits per heavy atom. The van der Waals surface area contributed by atoms with Crippen molar-refractivity contribution in [2.75, 3.05) is 30.1 Å². The third-order valence-electron chi connectivity index (χ3n) is 3.13. The highest BCUT2D eigenvalue weighted by molar-refractivity contribution is 7.98. The minimum absolute atomic E-state index is 0.296. The number of nitrogens with one attached hydrogen (secondary N) is 2. The number of ether oxygens (including phenoxy) is 2. The molecule has 2 amide bonds. The zero-order chi connectivity index (χ0) is 15.4. The first-order valence-corrected chi connectivity index (χ1v) is 8.09. The van der Waals surface area contributed by atoms with Crippen LogP contribution >= 0.6 is 11.8 Å². The summed E-state index contributed by atoms with van der Waals surface area (Å²) in [5.74, 6) is 1.35. The zero-order valence-electron chi connectivity index (χ0n) is 12.1.